The van der Waals surface area contributed by atoms with Crippen LogP contribution in [0.4, 0.5) is 4.79 Å². The average molecular weight is 312 g/mol. The summed E-state index contributed by atoms with van der Waals surface area (Å²) in [7, 11) is -3.67. The summed E-state index contributed by atoms with van der Waals surface area (Å²) in [5.74, 6) is 5.53. The van der Waals surface area contributed by atoms with Crippen LogP contribution in [0.2, 0.25) is 0 Å². The van der Waals surface area contributed by atoms with E-state index in [9.17, 15) is 13.2 Å². The molecule has 1 aromatic carbocycles. The van der Waals surface area contributed by atoms with Crippen molar-refractivity contribution in [3.05, 3.63) is 29.8 Å². The highest BCUT2D eigenvalue weighted by molar-refractivity contribution is 7.89. The predicted octanol–water partition coefficient (Wildman–Crippen LogP) is -0.206. The van der Waals surface area contributed by atoms with Crippen molar-refractivity contribution in [2.75, 3.05) is 19.8 Å². The molecule has 4 N–H and O–H groups in total. The number of carbonyl (C=O) groups is 1. The molecule has 0 aliphatic carbocycles. The number of nitrogens with two attached hydrogens (primary N) is 1. The van der Waals surface area contributed by atoms with Crippen molar-refractivity contribution in [2.45, 2.75) is 11.3 Å². The first-order valence-corrected chi connectivity index (χ1v) is 7.56. The third-order valence-electron chi connectivity index (χ3n) is 2.27. The molecule has 114 valence electrons. The van der Waals surface area contributed by atoms with E-state index in [4.69, 9.17) is 10.8 Å². The number of rotatable bonds is 6. The molecule has 0 saturated heterocycles. The van der Waals surface area contributed by atoms with Gasteiger partial charge in [0, 0.05) is 18.5 Å². The molecule has 0 fully saturated rings. The van der Waals surface area contributed by atoms with E-state index in [0.717, 1.165) is 0 Å². The van der Waals surface area contributed by atoms with Gasteiger partial charge in [-0.2, -0.15) is 0 Å². The summed E-state index contributed by atoms with van der Waals surface area (Å²) >= 11 is 0. The molecule has 0 unspecified atom stereocenters. The maximum absolute atomic E-state index is 11.9. The lowest BCUT2D eigenvalue weighted by Gasteiger charge is -2.06. The minimum Gasteiger partial charge on any atom is -0.448 e. The minimum absolute atomic E-state index is 0.0171. The molecule has 1 aromatic rings. The molecule has 0 atom stereocenters. The fourth-order valence-electron chi connectivity index (χ4n) is 1.35. The molecule has 0 radical (unpaired) electrons. The third kappa shape index (κ3) is 6.27. The second-order valence-corrected chi connectivity index (χ2v) is 5.63. The minimum atomic E-state index is -3.67. The molecule has 1 amide bonds. The zero-order valence-electron chi connectivity index (χ0n) is 11.2. The van der Waals surface area contributed by atoms with Crippen LogP contribution in [0.25, 0.3) is 0 Å². The van der Waals surface area contributed by atoms with Gasteiger partial charge in [-0.25, -0.2) is 17.9 Å². The van der Waals surface area contributed by atoms with E-state index >= 15 is 0 Å². The van der Waals surface area contributed by atoms with Crippen molar-refractivity contribution < 1.29 is 23.1 Å². The highest BCUT2D eigenvalue weighted by Gasteiger charge is 2.12. The fraction of sp³-hybridized carbons (Fsp3) is 0.308. The van der Waals surface area contributed by atoms with Gasteiger partial charge in [0.05, 0.1) is 11.5 Å². The Morgan fingerprint density at radius 1 is 1.33 bits per heavy atom. The number of amides is 1. The molecule has 0 aromatic heterocycles. The van der Waals surface area contributed by atoms with Crippen molar-refractivity contribution in [1.29, 1.82) is 0 Å². The molecule has 0 aliphatic heterocycles. The standard InChI is InChI=1S/C13H16N2O5S/c14-13(17)20-10-8-15-21(18,19)12-6-4-11(5-7-12)3-1-2-9-16/h4-7,15-16H,2,8-10H2,(H2,14,17). The van der Waals surface area contributed by atoms with Crippen LogP contribution in [0.3, 0.4) is 0 Å². The lowest BCUT2D eigenvalue weighted by atomic mass is 10.2. The van der Waals surface area contributed by atoms with Crippen LogP contribution < -0.4 is 10.5 Å². The van der Waals surface area contributed by atoms with Gasteiger partial charge < -0.3 is 15.6 Å². The summed E-state index contributed by atoms with van der Waals surface area (Å²) in [6.45, 7) is -0.223. The van der Waals surface area contributed by atoms with Gasteiger partial charge in [0.2, 0.25) is 10.0 Å². The van der Waals surface area contributed by atoms with Crippen LogP contribution in [-0.4, -0.2) is 39.4 Å². The number of nitrogens with one attached hydrogen (secondary N) is 1. The average Bonchev–Trinajstić information content (AvgIpc) is 2.44. The summed E-state index contributed by atoms with van der Waals surface area (Å²) in [5.41, 5.74) is 5.41. The Hall–Kier alpha value is -2.08. The maximum atomic E-state index is 11.9. The van der Waals surface area contributed by atoms with E-state index in [1.54, 1.807) is 12.1 Å². The molecule has 1 rings (SSSR count). The molecule has 0 aliphatic rings. The molecule has 0 heterocycles. The van der Waals surface area contributed by atoms with E-state index in [2.05, 4.69) is 21.3 Å². The molecule has 0 spiro atoms. The highest BCUT2D eigenvalue weighted by Crippen LogP contribution is 2.09. The molecule has 7 nitrogen and oxygen atoms in total. The van der Waals surface area contributed by atoms with Crippen molar-refractivity contribution >= 4 is 16.1 Å². The normalized spacial score (nSPS) is 10.5. The van der Waals surface area contributed by atoms with Crippen molar-refractivity contribution in [3.63, 3.8) is 0 Å². The van der Waals surface area contributed by atoms with Gasteiger partial charge in [0.15, 0.2) is 0 Å². The molecule has 8 heteroatoms. The van der Waals surface area contributed by atoms with Crippen molar-refractivity contribution in [3.8, 4) is 11.8 Å². The second kappa shape index (κ2) is 8.26. The molecular weight excluding hydrogens is 296 g/mol. The molecular formula is C13H16N2O5S. The lowest BCUT2D eigenvalue weighted by Crippen LogP contribution is -2.29. The fourth-order valence-corrected chi connectivity index (χ4v) is 2.36. The number of benzene rings is 1. The number of aliphatic hydroxyl groups excluding tert-OH is 1. The number of primary amides is 1. The smallest absolute Gasteiger partial charge is 0.404 e. The Kier molecular flexibility index (Phi) is 6.68. The zero-order chi connectivity index (χ0) is 15.7. The summed E-state index contributed by atoms with van der Waals surface area (Å²) in [4.78, 5) is 10.4. The van der Waals surface area contributed by atoms with Gasteiger partial charge in [-0.15, -0.1) is 0 Å². The van der Waals surface area contributed by atoms with Crippen LogP contribution in [0.1, 0.15) is 12.0 Å². The van der Waals surface area contributed by atoms with E-state index in [1.165, 1.54) is 12.1 Å². The summed E-state index contributed by atoms with van der Waals surface area (Å²) in [6.07, 6.45) is -0.596. The Morgan fingerprint density at radius 2 is 2.00 bits per heavy atom. The number of sulfonamides is 1. The predicted molar refractivity (Wildman–Crippen MR) is 75.7 cm³/mol. The number of hydrogen-bond donors (Lipinski definition) is 3. The van der Waals surface area contributed by atoms with Gasteiger partial charge in [0.25, 0.3) is 0 Å². The molecule has 21 heavy (non-hydrogen) atoms. The zero-order valence-corrected chi connectivity index (χ0v) is 12.0. The first kappa shape index (κ1) is 17.0. The monoisotopic (exact) mass is 312 g/mol. The topological polar surface area (TPSA) is 119 Å². The lowest BCUT2D eigenvalue weighted by molar-refractivity contribution is 0.159. The number of hydrogen-bond acceptors (Lipinski definition) is 5. The van der Waals surface area contributed by atoms with Crippen molar-refractivity contribution in [2.24, 2.45) is 5.73 Å². The second-order valence-electron chi connectivity index (χ2n) is 3.87. The third-order valence-corrected chi connectivity index (χ3v) is 3.75. The van der Waals surface area contributed by atoms with Crippen LogP contribution in [0, 0.1) is 11.8 Å². The van der Waals surface area contributed by atoms with Gasteiger partial charge in [-0.1, -0.05) is 11.8 Å². The number of ether oxygens (including phenoxy) is 1. The van der Waals surface area contributed by atoms with E-state index in [-0.39, 0.29) is 24.7 Å². The van der Waals surface area contributed by atoms with Gasteiger partial charge in [-0.3, -0.25) is 0 Å². The quantitative estimate of drug-likeness (QED) is 0.496. The first-order chi connectivity index (χ1) is 9.95. The van der Waals surface area contributed by atoms with Gasteiger partial charge >= 0.3 is 6.09 Å². The molecule has 0 saturated carbocycles. The maximum Gasteiger partial charge on any atom is 0.404 e. The first-order valence-electron chi connectivity index (χ1n) is 6.07. The Bertz CT molecular complexity index is 629. The SMILES string of the molecule is NC(=O)OCCNS(=O)(=O)c1ccc(C#CCCO)cc1. The summed E-state index contributed by atoms with van der Waals surface area (Å²) < 4.78 is 30.5. The van der Waals surface area contributed by atoms with E-state index < -0.39 is 16.1 Å². The van der Waals surface area contributed by atoms with E-state index in [1.807, 2.05) is 0 Å². The van der Waals surface area contributed by atoms with Gasteiger partial charge in [-0.05, 0) is 24.3 Å². The van der Waals surface area contributed by atoms with Crippen LogP contribution >= 0.6 is 0 Å². The highest BCUT2D eigenvalue weighted by atomic mass is 32.2. The Labute approximate surface area is 123 Å². The van der Waals surface area contributed by atoms with Crippen LogP contribution in [-0.2, 0) is 14.8 Å². The Morgan fingerprint density at radius 3 is 2.57 bits per heavy atom. The summed E-state index contributed by atoms with van der Waals surface area (Å²) in [5, 5.41) is 8.60. The van der Waals surface area contributed by atoms with Crippen LogP contribution in [0.15, 0.2) is 29.2 Å². The van der Waals surface area contributed by atoms with Gasteiger partial charge in [0.1, 0.15) is 6.61 Å². The van der Waals surface area contributed by atoms with E-state index in [0.29, 0.717) is 12.0 Å². The Balaban J connectivity index is 2.63. The molecule has 0 bridgehead atoms. The van der Waals surface area contributed by atoms with Crippen molar-refractivity contribution in [1.82, 2.24) is 4.72 Å². The number of aliphatic hydroxyl groups is 1. The number of carbonyl (C=O) groups excluding carboxylic acids is 1. The summed E-state index contributed by atoms with van der Waals surface area (Å²) in [6, 6.07) is 5.97. The van der Waals surface area contributed by atoms with Crippen LogP contribution in [0.5, 0.6) is 0 Å². The largest absolute Gasteiger partial charge is 0.448 e.